The number of nitrogens with zero attached hydrogens (tertiary/aromatic N) is 2. The SMILES string of the molecule is Cc1cc2c3c(c1)N(c1ccc4c(c1)C(C)(C)CCC4(C)C)c1c(sc4cc5c(cc14)C(C)(C)CCC5(C)C)B3c1cc(C(C)(C)C)ccc1N2c1cc(C(C)(C)C)cc(C(C)(C)C)c1. The maximum absolute atomic E-state index is 2.74. The van der Waals surface area contributed by atoms with Crippen LogP contribution in [0.2, 0.25) is 0 Å². The van der Waals surface area contributed by atoms with Gasteiger partial charge in [0.05, 0.1) is 5.69 Å². The highest BCUT2D eigenvalue weighted by Gasteiger charge is 2.48. The van der Waals surface area contributed by atoms with Crippen LogP contribution in [0.3, 0.4) is 0 Å². The normalized spacial score (nSPS) is 19.1. The lowest BCUT2D eigenvalue weighted by molar-refractivity contribution is 0.332. The number of fused-ring (bicyclic) bond motifs is 8. The van der Waals surface area contributed by atoms with Crippen LogP contribution in [0.15, 0.2) is 78.9 Å². The first kappa shape index (κ1) is 44.6. The third-order valence-electron chi connectivity index (χ3n) is 16.6. The van der Waals surface area contributed by atoms with Crippen LogP contribution >= 0.6 is 11.3 Å². The Bertz CT molecular complexity index is 2940. The molecule has 0 spiro atoms. The molecule has 338 valence electrons. The van der Waals surface area contributed by atoms with E-state index in [2.05, 4.69) is 225 Å². The maximum Gasteiger partial charge on any atom is 0.264 e. The van der Waals surface area contributed by atoms with Crippen LogP contribution in [-0.2, 0) is 37.9 Å². The summed E-state index contributed by atoms with van der Waals surface area (Å²) >= 11 is 2.07. The molecule has 5 aromatic carbocycles. The van der Waals surface area contributed by atoms with Gasteiger partial charge in [0, 0.05) is 43.3 Å². The number of thiophene rings is 1. The van der Waals surface area contributed by atoms with Crippen LogP contribution in [-0.4, -0.2) is 6.71 Å². The van der Waals surface area contributed by atoms with E-state index in [1.54, 1.807) is 0 Å². The highest BCUT2D eigenvalue weighted by atomic mass is 32.1. The minimum atomic E-state index is -0.0147. The van der Waals surface area contributed by atoms with Gasteiger partial charge in [0.25, 0.3) is 6.71 Å². The molecule has 6 aromatic rings. The minimum Gasteiger partial charge on any atom is -0.311 e. The molecule has 0 saturated carbocycles. The fourth-order valence-corrected chi connectivity index (χ4v) is 13.4. The van der Waals surface area contributed by atoms with Crippen LogP contribution in [0.5, 0.6) is 0 Å². The number of anilines is 6. The monoisotopic (exact) mass is 879 g/mol. The first-order valence-corrected chi connectivity index (χ1v) is 25.6. The summed E-state index contributed by atoms with van der Waals surface area (Å²) in [6.07, 6.45) is 4.80. The molecule has 2 nitrogen and oxygen atoms in total. The van der Waals surface area contributed by atoms with Crippen LogP contribution in [0.1, 0.15) is 188 Å². The van der Waals surface area contributed by atoms with Crippen molar-refractivity contribution in [1.82, 2.24) is 0 Å². The van der Waals surface area contributed by atoms with Crippen molar-refractivity contribution in [2.24, 2.45) is 0 Å². The van der Waals surface area contributed by atoms with E-state index in [0.717, 1.165) is 0 Å². The van der Waals surface area contributed by atoms with Gasteiger partial charge in [-0.05, 0) is 181 Å². The molecule has 0 amide bonds. The van der Waals surface area contributed by atoms with Gasteiger partial charge in [-0.25, -0.2) is 0 Å². The van der Waals surface area contributed by atoms with Crippen molar-refractivity contribution in [1.29, 1.82) is 0 Å². The molecule has 10 rings (SSSR count). The summed E-state index contributed by atoms with van der Waals surface area (Å²) in [6, 6.07) is 32.9. The number of benzene rings is 5. The second-order valence-electron chi connectivity index (χ2n) is 26.6. The van der Waals surface area contributed by atoms with Gasteiger partial charge in [-0.2, -0.15) is 0 Å². The Morgan fingerprint density at radius 3 is 1.54 bits per heavy atom. The molecule has 0 bridgehead atoms. The minimum absolute atomic E-state index is 0.00851. The van der Waals surface area contributed by atoms with E-state index in [1.807, 2.05) is 0 Å². The van der Waals surface area contributed by atoms with Crippen molar-refractivity contribution >= 4 is 78.0 Å². The summed E-state index contributed by atoms with van der Waals surface area (Å²) in [4.78, 5) is 5.40. The molecule has 65 heavy (non-hydrogen) atoms. The molecule has 0 fully saturated rings. The van der Waals surface area contributed by atoms with Crippen LogP contribution in [0, 0.1) is 6.92 Å². The van der Waals surface area contributed by atoms with Gasteiger partial charge in [-0.15, -0.1) is 11.3 Å². The van der Waals surface area contributed by atoms with Crippen molar-refractivity contribution in [2.45, 2.75) is 188 Å². The van der Waals surface area contributed by atoms with Crippen molar-refractivity contribution in [3.05, 3.63) is 123 Å². The summed E-state index contributed by atoms with van der Waals surface area (Å²) in [5.74, 6) is 0. The van der Waals surface area contributed by atoms with Gasteiger partial charge in [-0.3, -0.25) is 0 Å². The second kappa shape index (κ2) is 13.9. The number of hydrogen-bond acceptors (Lipinski definition) is 3. The highest BCUT2D eigenvalue weighted by Crippen LogP contribution is 2.54. The summed E-state index contributed by atoms with van der Waals surface area (Å²) in [5.41, 5.74) is 22.6. The molecule has 0 unspecified atom stereocenters. The lowest BCUT2D eigenvalue weighted by atomic mass is 9.36. The van der Waals surface area contributed by atoms with E-state index in [9.17, 15) is 0 Å². The summed E-state index contributed by atoms with van der Waals surface area (Å²) in [6.45, 7) is 43.5. The zero-order valence-electron chi connectivity index (χ0n) is 43.2. The third kappa shape index (κ3) is 6.91. The van der Waals surface area contributed by atoms with Crippen molar-refractivity contribution in [2.75, 3.05) is 9.80 Å². The van der Waals surface area contributed by atoms with Crippen LogP contribution < -0.4 is 25.5 Å². The van der Waals surface area contributed by atoms with Crippen molar-refractivity contribution in [3.8, 4) is 0 Å². The molecule has 0 N–H and O–H groups in total. The zero-order valence-corrected chi connectivity index (χ0v) is 44.0. The Kier molecular flexibility index (Phi) is 9.53. The topological polar surface area (TPSA) is 6.48 Å². The van der Waals surface area contributed by atoms with E-state index < -0.39 is 0 Å². The quantitative estimate of drug-likeness (QED) is 0.160. The molecule has 1 aromatic heterocycles. The molecule has 2 aliphatic carbocycles. The van der Waals surface area contributed by atoms with Crippen molar-refractivity contribution < 1.29 is 0 Å². The number of hydrogen-bond donors (Lipinski definition) is 0. The van der Waals surface area contributed by atoms with Gasteiger partial charge >= 0.3 is 0 Å². The van der Waals surface area contributed by atoms with Gasteiger partial charge in [0.15, 0.2) is 0 Å². The fourth-order valence-electron chi connectivity index (χ4n) is 12.0. The average Bonchev–Trinajstić information content (AvgIpc) is 3.57. The Balaban J connectivity index is 1.35. The van der Waals surface area contributed by atoms with Gasteiger partial charge < -0.3 is 9.80 Å². The molecular formula is C61H75BN2S. The van der Waals surface area contributed by atoms with Crippen LogP contribution in [0.4, 0.5) is 34.1 Å². The first-order valence-electron chi connectivity index (χ1n) is 24.8. The lowest BCUT2D eigenvalue weighted by Crippen LogP contribution is -2.60. The summed E-state index contributed by atoms with van der Waals surface area (Å²) in [5, 5.41) is 1.41. The molecule has 4 heteroatoms. The van der Waals surface area contributed by atoms with Gasteiger partial charge in [-0.1, -0.05) is 142 Å². The Labute approximate surface area is 397 Å². The molecule has 0 saturated heterocycles. The van der Waals surface area contributed by atoms with E-state index >= 15 is 0 Å². The standard InChI is InChI=1S/C61H75BN2S/c1-36-27-49-52-50(28-36)64(40-20-21-43-44(33-40)59(13,14)24-23-58(43,11)12)53-42-34-45-46(61(17,18)26-25-60(45,15)16)35-51(42)65-54(53)62(52)47-32-37(55(2,3)4)19-22-48(47)63(49)41-30-38(56(5,6)7)29-39(31-41)57(8,9)10/h19-22,27-35H,23-26H2,1-18H3. The molecule has 3 heterocycles. The van der Waals surface area contributed by atoms with Crippen molar-refractivity contribution in [3.63, 3.8) is 0 Å². The number of aryl methyl sites for hydroxylation is 1. The molecule has 2 aliphatic heterocycles. The molecule has 0 radical (unpaired) electrons. The van der Waals surface area contributed by atoms with E-state index in [1.165, 1.54) is 130 Å². The van der Waals surface area contributed by atoms with E-state index in [4.69, 9.17) is 0 Å². The predicted octanol–water partition coefficient (Wildman–Crippen LogP) is 15.9. The van der Waals surface area contributed by atoms with Gasteiger partial charge in [0.2, 0.25) is 0 Å². The average molecular weight is 879 g/mol. The zero-order chi connectivity index (χ0) is 46.9. The Morgan fingerprint density at radius 1 is 0.477 bits per heavy atom. The first-order chi connectivity index (χ1) is 30.0. The predicted molar refractivity (Wildman–Crippen MR) is 287 cm³/mol. The molecule has 0 atom stereocenters. The molecular weight excluding hydrogens is 804 g/mol. The summed E-state index contributed by atoms with van der Waals surface area (Å²) < 4.78 is 2.89. The Hall–Kier alpha value is -4.28. The Morgan fingerprint density at radius 2 is 0.985 bits per heavy atom. The van der Waals surface area contributed by atoms with E-state index in [-0.39, 0.29) is 44.6 Å². The van der Waals surface area contributed by atoms with Gasteiger partial charge in [0.1, 0.15) is 0 Å². The largest absolute Gasteiger partial charge is 0.311 e. The third-order valence-corrected chi connectivity index (χ3v) is 17.9. The highest BCUT2D eigenvalue weighted by molar-refractivity contribution is 7.33. The van der Waals surface area contributed by atoms with E-state index in [0.29, 0.717) is 0 Å². The fraction of sp³-hybridized carbons (Fsp3) is 0.475. The summed E-state index contributed by atoms with van der Waals surface area (Å²) in [7, 11) is 0. The maximum atomic E-state index is 2.74. The number of rotatable bonds is 2. The van der Waals surface area contributed by atoms with Crippen LogP contribution in [0.25, 0.3) is 10.1 Å². The lowest BCUT2D eigenvalue weighted by Gasteiger charge is -2.45. The second-order valence-corrected chi connectivity index (χ2v) is 27.7. The smallest absolute Gasteiger partial charge is 0.264 e. The molecule has 4 aliphatic rings.